The van der Waals surface area contributed by atoms with Crippen LogP contribution in [0.1, 0.15) is 22.5 Å². The number of amidine groups is 2. The van der Waals surface area contributed by atoms with Crippen molar-refractivity contribution in [3.8, 4) is 11.4 Å². The van der Waals surface area contributed by atoms with Crippen LogP contribution in [0, 0.1) is 13.8 Å². The van der Waals surface area contributed by atoms with Crippen molar-refractivity contribution in [2.75, 3.05) is 26.2 Å². The van der Waals surface area contributed by atoms with Gasteiger partial charge in [-0.1, -0.05) is 72.8 Å². The maximum Gasteiger partial charge on any atom is 0.282 e. The van der Waals surface area contributed by atoms with Crippen LogP contribution < -0.4 is 11.1 Å². The van der Waals surface area contributed by atoms with Gasteiger partial charge >= 0.3 is 0 Å². The summed E-state index contributed by atoms with van der Waals surface area (Å²) in [4.78, 5) is 42.3. The molecule has 240 valence electrons. The molecule has 1 saturated heterocycles. The summed E-state index contributed by atoms with van der Waals surface area (Å²) in [6, 6.07) is 38.5. The van der Waals surface area contributed by atoms with Gasteiger partial charge in [0.15, 0.2) is 0 Å². The molecule has 3 heterocycles. The maximum absolute atomic E-state index is 14.0. The molecule has 2 aromatic heterocycles. The summed E-state index contributed by atoms with van der Waals surface area (Å²) in [7, 11) is 0. The molecule has 0 aliphatic carbocycles. The smallest absolute Gasteiger partial charge is 0.282 e. The lowest BCUT2D eigenvalue weighted by Crippen LogP contribution is -2.52. The quantitative estimate of drug-likeness (QED) is 0.180. The van der Waals surface area contributed by atoms with Crippen LogP contribution in [0.5, 0.6) is 0 Å². The zero-order chi connectivity index (χ0) is 33.0. The second-order valence-corrected chi connectivity index (χ2v) is 11.7. The van der Waals surface area contributed by atoms with Crippen LogP contribution in [0.25, 0.3) is 11.4 Å². The molecule has 1 fully saturated rings. The van der Waals surface area contributed by atoms with Gasteiger partial charge < -0.3 is 9.80 Å². The molecule has 48 heavy (non-hydrogen) atoms. The average Bonchev–Trinajstić information content (AvgIpc) is 3.60. The van der Waals surface area contributed by atoms with Crippen molar-refractivity contribution in [1.82, 2.24) is 29.4 Å². The van der Waals surface area contributed by atoms with Gasteiger partial charge in [-0.25, -0.2) is 19.3 Å². The Kier molecular flexibility index (Phi) is 8.44. The van der Waals surface area contributed by atoms with Gasteiger partial charge in [-0.2, -0.15) is 0 Å². The number of nitrogens with zero attached hydrogens (tertiary/aromatic N) is 6. The summed E-state index contributed by atoms with van der Waals surface area (Å²) >= 11 is 0. The second kappa shape index (κ2) is 13.3. The third-order valence-electron chi connectivity index (χ3n) is 8.48. The maximum atomic E-state index is 14.0. The predicted octanol–water partition coefficient (Wildman–Crippen LogP) is 5.74. The van der Waals surface area contributed by atoms with Crippen LogP contribution in [0.4, 0.5) is 11.4 Å². The number of hydrogen-bond acceptors (Lipinski definition) is 4. The van der Waals surface area contributed by atoms with Gasteiger partial charge in [0.05, 0.1) is 22.7 Å². The van der Waals surface area contributed by atoms with E-state index in [4.69, 9.17) is 9.98 Å². The molecule has 0 radical (unpaired) electrons. The first-order chi connectivity index (χ1) is 23.5. The predicted molar refractivity (Wildman–Crippen MR) is 191 cm³/mol. The zero-order valence-electron chi connectivity index (χ0n) is 26.9. The second-order valence-electron chi connectivity index (χ2n) is 11.7. The first kappa shape index (κ1) is 30.5. The first-order valence-electron chi connectivity index (χ1n) is 16.0. The Morgan fingerprint density at radius 2 is 0.812 bits per heavy atom. The molecule has 10 nitrogen and oxygen atoms in total. The number of rotatable bonds is 6. The van der Waals surface area contributed by atoms with Gasteiger partial charge in [0.1, 0.15) is 22.8 Å². The van der Waals surface area contributed by atoms with Crippen LogP contribution in [0.15, 0.2) is 141 Å². The van der Waals surface area contributed by atoms with E-state index < -0.39 is 0 Å². The Hall–Kier alpha value is -6.16. The van der Waals surface area contributed by atoms with Crippen molar-refractivity contribution in [3.63, 3.8) is 0 Å². The van der Waals surface area contributed by atoms with Crippen molar-refractivity contribution in [1.29, 1.82) is 0 Å². The lowest BCUT2D eigenvalue weighted by Gasteiger charge is -2.37. The van der Waals surface area contributed by atoms with Gasteiger partial charge in [0.2, 0.25) is 0 Å². The monoisotopic (exact) mass is 636 g/mol. The molecule has 6 aromatic rings. The highest BCUT2D eigenvalue weighted by Crippen LogP contribution is 2.21. The number of benzene rings is 4. The number of piperazine rings is 1. The fourth-order valence-electron chi connectivity index (χ4n) is 6.09. The molecule has 1 aliphatic rings. The molecule has 10 heteroatoms. The van der Waals surface area contributed by atoms with E-state index in [0.29, 0.717) is 49.0 Å². The number of para-hydroxylation sites is 4. The summed E-state index contributed by atoms with van der Waals surface area (Å²) in [6.07, 6.45) is 0. The molecule has 2 N–H and O–H groups in total. The number of aromatic nitrogens is 4. The zero-order valence-corrected chi connectivity index (χ0v) is 26.9. The fourth-order valence-corrected chi connectivity index (χ4v) is 6.09. The van der Waals surface area contributed by atoms with Crippen molar-refractivity contribution in [3.05, 3.63) is 165 Å². The van der Waals surface area contributed by atoms with Crippen molar-refractivity contribution in [2.45, 2.75) is 13.8 Å². The SMILES string of the molecule is Cc1[nH]n(-c2ccccc2)c(=O)c1C(=Nc1ccccc1)N1CCN(C(=Nc2ccccc2)c2c(C)[nH]n(-c3ccccc3)c2=O)CC1. The molecule has 0 spiro atoms. The van der Waals surface area contributed by atoms with E-state index in [2.05, 4.69) is 20.0 Å². The highest BCUT2D eigenvalue weighted by Gasteiger charge is 2.30. The van der Waals surface area contributed by atoms with Gasteiger partial charge in [0, 0.05) is 37.6 Å². The topological polar surface area (TPSA) is 107 Å². The molecule has 1 aliphatic heterocycles. The van der Waals surface area contributed by atoms with Crippen LogP contribution in [-0.4, -0.2) is 67.2 Å². The largest absolute Gasteiger partial charge is 0.352 e. The van der Waals surface area contributed by atoms with Crippen molar-refractivity contribution in [2.24, 2.45) is 9.98 Å². The minimum Gasteiger partial charge on any atom is -0.352 e. The molecular formula is C38H36N8O2. The van der Waals surface area contributed by atoms with E-state index in [1.54, 1.807) is 9.36 Å². The summed E-state index contributed by atoms with van der Waals surface area (Å²) in [5, 5.41) is 6.53. The molecule has 0 amide bonds. The highest BCUT2D eigenvalue weighted by molar-refractivity contribution is 6.03. The lowest BCUT2D eigenvalue weighted by atomic mass is 10.1. The van der Waals surface area contributed by atoms with E-state index in [1.165, 1.54) is 0 Å². The minimum atomic E-state index is -0.161. The van der Waals surface area contributed by atoms with Gasteiger partial charge in [-0.05, 0) is 62.4 Å². The van der Waals surface area contributed by atoms with E-state index in [9.17, 15) is 9.59 Å². The number of aromatic amines is 2. The van der Waals surface area contributed by atoms with E-state index >= 15 is 0 Å². The van der Waals surface area contributed by atoms with Gasteiger partial charge in [-0.15, -0.1) is 0 Å². The van der Waals surface area contributed by atoms with E-state index in [1.807, 2.05) is 135 Å². The van der Waals surface area contributed by atoms with Crippen molar-refractivity contribution >= 4 is 23.0 Å². The Bertz CT molecular complexity index is 2030. The van der Waals surface area contributed by atoms with Crippen molar-refractivity contribution < 1.29 is 0 Å². The minimum absolute atomic E-state index is 0.161. The summed E-state index contributed by atoms with van der Waals surface area (Å²) < 4.78 is 3.14. The molecule has 0 saturated carbocycles. The molecule has 4 aromatic carbocycles. The number of aryl methyl sites for hydroxylation is 2. The Labute approximate surface area is 277 Å². The third-order valence-corrected chi connectivity index (χ3v) is 8.48. The average molecular weight is 637 g/mol. The molecule has 0 bridgehead atoms. The van der Waals surface area contributed by atoms with E-state index in [-0.39, 0.29) is 11.1 Å². The normalized spacial score (nSPS) is 14.0. The summed E-state index contributed by atoms with van der Waals surface area (Å²) in [6.45, 7) is 6.06. The lowest BCUT2D eigenvalue weighted by molar-refractivity contribution is 0.259. The van der Waals surface area contributed by atoms with Gasteiger partial charge in [0.25, 0.3) is 11.1 Å². The molecule has 7 rings (SSSR count). The Morgan fingerprint density at radius 1 is 0.500 bits per heavy atom. The standard InChI is InChI=1S/C38H36N8O2/c1-27-33(37(47)45(41-27)31-19-11-5-12-20-31)35(39-29-15-7-3-8-16-29)43-23-25-44(26-24-43)36(40-30-17-9-4-10-18-30)34-28(2)42-46(38(34)48)32-21-13-6-14-22-32/h3-22,41-42H,23-26H2,1-2H3. The van der Waals surface area contributed by atoms with E-state index in [0.717, 1.165) is 34.1 Å². The van der Waals surface area contributed by atoms with Crippen LogP contribution in [-0.2, 0) is 0 Å². The number of aliphatic imine (C=N–C) groups is 2. The van der Waals surface area contributed by atoms with Crippen LogP contribution >= 0.6 is 0 Å². The Balaban J connectivity index is 1.25. The first-order valence-corrected chi connectivity index (χ1v) is 16.0. The highest BCUT2D eigenvalue weighted by atomic mass is 16.1. The fraction of sp³-hybridized carbons (Fsp3) is 0.158. The number of hydrogen-bond donors (Lipinski definition) is 2. The molecule has 0 unspecified atom stereocenters. The van der Waals surface area contributed by atoms with Crippen LogP contribution in [0.2, 0.25) is 0 Å². The summed E-state index contributed by atoms with van der Waals surface area (Å²) in [5.74, 6) is 1.22. The van der Waals surface area contributed by atoms with Gasteiger partial charge in [-0.3, -0.25) is 19.8 Å². The number of H-pyrrole nitrogens is 2. The number of nitrogens with one attached hydrogen (secondary N) is 2. The third kappa shape index (κ3) is 6.03. The Morgan fingerprint density at radius 3 is 1.15 bits per heavy atom. The summed E-state index contributed by atoms with van der Waals surface area (Å²) in [5.41, 5.74) is 5.24. The molecular weight excluding hydrogens is 600 g/mol. The van der Waals surface area contributed by atoms with Crippen LogP contribution in [0.3, 0.4) is 0 Å². The molecule has 0 atom stereocenters.